The zero-order valence-electron chi connectivity index (χ0n) is 16.1. The van der Waals surface area contributed by atoms with E-state index in [1.807, 2.05) is 17.0 Å². The number of amides is 2. The number of nitrogens with one attached hydrogen (secondary N) is 1. The maximum atomic E-state index is 13.2. The molecule has 0 aliphatic carbocycles. The minimum atomic E-state index is -0.756. The molecule has 30 heavy (non-hydrogen) atoms. The lowest BCUT2D eigenvalue weighted by atomic mass is 10.2. The summed E-state index contributed by atoms with van der Waals surface area (Å²) in [6.45, 7) is 2.12. The lowest BCUT2D eigenvalue weighted by Gasteiger charge is -2.36. The first-order chi connectivity index (χ1) is 14.5. The van der Waals surface area contributed by atoms with Crippen molar-refractivity contribution in [1.82, 2.24) is 9.80 Å². The van der Waals surface area contributed by atoms with Crippen molar-refractivity contribution in [3.8, 4) is 11.5 Å². The van der Waals surface area contributed by atoms with Crippen LogP contribution >= 0.6 is 0 Å². The van der Waals surface area contributed by atoms with Gasteiger partial charge in [-0.05, 0) is 24.3 Å². The van der Waals surface area contributed by atoms with Gasteiger partial charge in [-0.3, -0.25) is 14.5 Å². The van der Waals surface area contributed by atoms with E-state index in [1.165, 1.54) is 0 Å². The van der Waals surface area contributed by atoms with E-state index in [9.17, 15) is 18.4 Å². The number of rotatable bonds is 4. The fraction of sp³-hybridized carbons (Fsp3) is 0.333. The Morgan fingerprint density at radius 3 is 2.37 bits per heavy atom. The molecule has 4 rings (SSSR count). The summed E-state index contributed by atoms with van der Waals surface area (Å²) in [6.07, 6.45) is -0.697. The molecule has 0 saturated carbocycles. The van der Waals surface area contributed by atoms with E-state index in [0.29, 0.717) is 37.7 Å². The lowest BCUT2D eigenvalue weighted by molar-refractivity contribution is -0.143. The number of hydrogen-bond acceptors (Lipinski definition) is 5. The molecular weight excluding hydrogens is 396 g/mol. The van der Waals surface area contributed by atoms with Gasteiger partial charge in [-0.25, -0.2) is 8.78 Å². The minimum Gasteiger partial charge on any atom is -0.485 e. The number of hydrogen-bond donors (Lipinski definition) is 1. The van der Waals surface area contributed by atoms with Crippen molar-refractivity contribution in [2.24, 2.45) is 0 Å². The van der Waals surface area contributed by atoms with Gasteiger partial charge in [0, 0.05) is 37.9 Å². The van der Waals surface area contributed by atoms with Crippen molar-refractivity contribution in [3.63, 3.8) is 0 Å². The van der Waals surface area contributed by atoms with E-state index < -0.39 is 17.7 Å². The van der Waals surface area contributed by atoms with Gasteiger partial charge in [-0.1, -0.05) is 12.1 Å². The Labute approximate surface area is 172 Å². The number of fused-ring (bicyclic) bond motifs is 1. The summed E-state index contributed by atoms with van der Waals surface area (Å²) in [5, 5.41) is 2.49. The normalized spacial score (nSPS) is 18.7. The molecule has 9 heteroatoms. The van der Waals surface area contributed by atoms with Crippen LogP contribution in [-0.2, 0) is 9.59 Å². The number of ether oxygens (including phenoxy) is 2. The highest BCUT2D eigenvalue weighted by Crippen LogP contribution is 2.31. The van der Waals surface area contributed by atoms with Gasteiger partial charge in [0.25, 0.3) is 5.91 Å². The van der Waals surface area contributed by atoms with E-state index in [1.54, 1.807) is 17.0 Å². The molecule has 1 unspecified atom stereocenters. The topological polar surface area (TPSA) is 71.1 Å². The molecule has 2 aromatic carbocycles. The van der Waals surface area contributed by atoms with Gasteiger partial charge in [0.1, 0.15) is 18.2 Å². The minimum absolute atomic E-state index is 0.0660. The Hall–Kier alpha value is -3.20. The average molecular weight is 417 g/mol. The Kier molecular flexibility index (Phi) is 5.80. The summed E-state index contributed by atoms with van der Waals surface area (Å²) >= 11 is 0. The first-order valence-electron chi connectivity index (χ1n) is 9.63. The molecule has 0 aromatic heterocycles. The summed E-state index contributed by atoms with van der Waals surface area (Å²) in [4.78, 5) is 28.5. The van der Waals surface area contributed by atoms with Crippen molar-refractivity contribution in [2.75, 3.05) is 44.6 Å². The summed E-state index contributed by atoms with van der Waals surface area (Å²) < 4.78 is 37.8. The van der Waals surface area contributed by atoms with Crippen LogP contribution in [0.5, 0.6) is 11.5 Å². The molecule has 158 valence electrons. The average Bonchev–Trinajstić information content (AvgIpc) is 2.72. The second-order valence-corrected chi connectivity index (χ2v) is 7.17. The fourth-order valence-electron chi connectivity index (χ4n) is 3.50. The quantitative estimate of drug-likeness (QED) is 0.823. The Morgan fingerprint density at radius 1 is 1.00 bits per heavy atom. The second-order valence-electron chi connectivity index (χ2n) is 7.17. The molecule has 2 amide bonds. The molecule has 7 nitrogen and oxygen atoms in total. The Balaban J connectivity index is 1.25. The maximum absolute atomic E-state index is 13.2. The number of halogens is 2. The molecule has 1 fully saturated rings. The number of anilines is 1. The summed E-state index contributed by atoms with van der Waals surface area (Å²) in [5.74, 6) is -0.867. The molecule has 2 heterocycles. The van der Waals surface area contributed by atoms with Crippen molar-refractivity contribution < 1.29 is 27.8 Å². The standard InChI is InChI=1S/C21H21F2N3O4/c22-14-9-15(23)11-16(10-14)24-20(27)12-25-5-7-26(8-6-25)21(28)19-13-29-17-3-1-2-4-18(17)30-19/h1-4,9-11,19H,5-8,12-13H2,(H,24,27). The van der Waals surface area contributed by atoms with Crippen LogP contribution in [0.4, 0.5) is 14.5 Å². The van der Waals surface area contributed by atoms with Crippen LogP contribution in [0.25, 0.3) is 0 Å². The second kappa shape index (κ2) is 8.66. The number of piperazine rings is 1. The van der Waals surface area contributed by atoms with E-state index >= 15 is 0 Å². The summed E-state index contributed by atoms with van der Waals surface area (Å²) in [7, 11) is 0. The van der Waals surface area contributed by atoms with Gasteiger partial charge in [0.15, 0.2) is 11.5 Å². The summed E-state index contributed by atoms with van der Waals surface area (Å²) in [5.41, 5.74) is 0.0704. The molecule has 0 spiro atoms. The van der Waals surface area contributed by atoms with E-state index in [0.717, 1.165) is 18.2 Å². The van der Waals surface area contributed by atoms with Gasteiger partial charge < -0.3 is 19.7 Å². The highest BCUT2D eigenvalue weighted by atomic mass is 19.1. The van der Waals surface area contributed by atoms with Crippen LogP contribution in [0.3, 0.4) is 0 Å². The Morgan fingerprint density at radius 2 is 1.67 bits per heavy atom. The molecule has 0 radical (unpaired) electrons. The number of benzene rings is 2. The van der Waals surface area contributed by atoms with Crippen LogP contribution in [0.15, 0.2) is 42.5 Å². The summed E-state index contributed by atoms with van der Waals surface area (Å²) in [6, 6.07) is 10.1. The van der Waals surface area contributed by atoms with Gasteiger partial charge >= 0.3 is 0 Å². The van der Waals surface area contributed by atoms with E-state index in [4.69, 9.17) is 9.47 Å². The van der Waals surface area contributed by atoms with Crippen LogP contribution in [0.2, 0.25) is 0 Å². The predicted molar refractivity (Wildman–Crippen MR) is 104 cm³/mol. The molecular formula is C21H21F2N3O4. The molecule has 0 bridgehead atoms. The van der Waals surface area contributed by atoms with Crippen molar-refractivity contribution in [1.29, 1.82) is 0 Å². The fourth-order valence-corrected chi connectivity index (χ4v) is 3.50. The van der Waals surface area contributed by atoms with Crippen LogP contribution in [0.1, 0.15) is 0 Å². The maximum Gasteiger partial charge on any atom is 0.267 e. The van der Waals surface area contributed by atoms with Gasteiger partial charge in [0.2, 0.25) is 12.0 Å². The van der Waals surface area contributed by atoms with E-state index in [-0.39, 0.29) is 30.7 Å². The van der Waals surface area contributed by atoms with Crippen LogP contribution < -0.4 is 14.8 Å². The zero-order valence-corrected chi connectivity index (χ0v) is 16.1. The van der Waals surface area contributed by atoms with Gasteiger partial charge in [0.05, 0.1) is 6.54 Å². The molecule has 2 aliphatic heterocycles. The third-order valence-corrected chi connectivity index (χ3v) is 4.98. The molecule has 1 saturated heterocycles. The van der Waals surface area contributed by atoms with Crippen molar-refractivity contribution in [2.45, 2.75) is 6.10 Å². The smallest absolute Gasteiger partial charge is 0.267 e. The van der Waals surface area contributed by atoms with Gasteiger partial charge in [-0.2, -0.15) is 0 Å². The van der Waals surface area contributed by atoms with E-state index in [2.05, 4.69) is 5.32 Å². The SMILES string of the molecule is O=C(CN1CCN(C(=O)C2COc3ccccc3O2)CC1)Nc1cc(F)cc(F)c1. The third-order valence-electron chi connectivity index (χ3n) is 4.98. The first kappa shape index (κ1) is 20.1. The predicted octanol–water partition coefficient (Wildman–Crippen LogP) is 1.89. The van der Waals surface area contributed by atoms with Crippen molar-refractivity contribution >= 4 is 17.5 Å². The van der Waals surface area contributed by atoms with Gasteiger partial charge in [-0.15, -0.1) is 0 Å². The number of carbonyl (C=O) groups excluding carboxylic acids is 2. The largest absolute Gasteiger partial charge is 0.485 e. The zero-order chi connectivity index (χ0) is 21.1. The molecule has 1 N–H and O–H groups in total. The monoisotopic (exact) mass is 417 g/mol. The number of carbonyl (C=O) groups is 2. The van der Waals surface area contributed by atoms with Crippen LogP contribution in [0, 0.1) is 11.6 Å². The highest BCUT2D eigenvalue weighted by molar-refractivity contribution is 5.92. The third kappa shape index (κ3) is 4.68. The first-order valence-corrected chi connectivity index (χ1v) is 9.63. The number of nitrogens with zero attached hydrogens (tertiary/aromatic N) is 2. The molecule has 1 atom stereocenters. The molecule has 2 aliphatic rings. The molecule has 2 aromatic rings. The van der Waals surface area contributed by atoms with Crippen LogP contribution in [-0.4, -0.2) is 67.0 Å². The highest BCUT2D eigenvalue weighted by Gasteiger charge is 2.32. The number of para-hydroxylation sites is 2. The Bertz CT molecular complexity index is 927. The lowest BCUT2D eigenvalue weighted by Crippen LogP contribution is -2.54. The van der Waals surface area contributed by atoms with Crippen molar-refractivity contribution in [3.05, 3.63) is 54.1 Å².